The van der Waals surface area contributed by atoms with Crippen molar-refractivity contribution in [2.75, 3.05) is 4.66 Å². The summed E-state index contributed by atoms with van der Waals surface area (Å²) in [4.78, 5) is 0. The fraction of sp³-hybridized carbons (Fsp3) is 1.00. The van der Waals surface area contributed by atoms with Gasteiger partial charge in [0, 0.05) is 5.54 Å². The summed E-state index contributed by atoms with van der Waals surface area (Å²) >= 11 is 2.93. The molecule has 1 fully saturated rings. The van der Waals surface area contributed by atoms with E-state index in [4.69, 9.17) is 0 Å². The SMILES string of the molecule is CCC1(NS(=O)(=O)CBr)CC1. The second-order valence-electron chi connectivity index (χ2n) is 2.96. The quantitative estimate of drug-likeness (QED) is 0.753. The summed E-state index contributed by atoms with van der Waals surface area (Å²) in [5.74, 6) is 0. The minimum atomic E-state index is -3.06. The van der Waals surface area contributed by atoms with E-state index in [1.165, 1.54) is 0 Å². The maximum absolute atomic E-state index is 11.1. The third-order valence-corrected chi connectivity index (χ3v) is 4.89. The van der Waals surface area contributed by atoms with Crippen LogP contribution in [0.3, 0.4) is 0 Å². The molecule has 0 radical (unpaired) electrons. The van der Waals surface area contributed by atoms with Crippen LogP contribution in [0, 0.1) is 0 Å². The van der Waals surface area contributed by atoms with Gasteiger partial charge in [-0.25, -0.2) is 13.1 Å². The highest BCUT2D eigenvalue weighted by atomic mass is 79.9. The summed E-state index contributed by atoms with van der Waals surface area (Å²) in [6.07, 6.45) is 2.85. The Bertz CT molecular complexity index is 233. The molecule has 0 bridgehead atoms. The van der Waals surface area contributed by atoms with Crippen molar-refractivity contribution in [3.05, 3.63) is 0 Å². The number of hydrogen-bond donors (Lipinski definition) is 1. The Hall–Kier alpha value is 0.390. The van der Waals surface area contributed by atoms with E-state index in [2.05, 4.69) is 20.7 Å². The molecule has 0 heterocycles. The lowest BCUT2D eigenvalue weighted by Crippen LogP contribution is -2.36. The molecule has 0 aromatic carbocycles. The lowest BCUT2D eigenvalue weighted by atomic mass is 10.2. The Balaban J connectivity index is 2.55. The molecule has 0 aromatic heterocycles. The predicted octanol–water partition coefficient (Wildman–Crippen LogP) is 1.20. The molecule has 0 atom stereocenters. The molecule has 66 valence electrons. The van der Waals surface area contributed by atoms with Crippen molar-refractivity contribution in [3.8, 4) is 0 Å². The van der Waals surface area contributed by atoms with E-state index in [9.17, 15) is 8.42 Å². The highest BCUT2D eigenvalue weighted by Gasteiger charge is 2.43. The normalized spacial score (nSPS) is 21.6. The van der Waals surface area contributed by atoms with Crippen LogP contribution in [0.15, 0.2) is 0 Å². The Labute approximate surface area is 75.7 Å². The number of hydrogen-bond acceptors (Lipinski definition) is 2. The van der Waals surface area contributed by atoms with Gasteiger partial charge in [0.05, 0.1) is 0 Å². The van der Waals surface area contributed by atoms with E-state index in [0.29, 0.717) is 0 Å². The lowest BCUT2D eigenvalue weighted by Gasteiger charge is -2.13. The fourth-order valence-electron chi connectivity index (χ4n) is 1.04. The molecule has 5 heteroatoms. The van der Waals surface area contributed by atoms with E-state index in [-0.39, 0.29) is 10.2 Å². The summed E-state index contributed by atoms with van der Waals surface area (Å²) in [6, 6.07) is 0. The smallest absolute Gasteiger partial charge is 0.212 e. The van der Waals surface area contributed by atoms with E-state index in [0.717, 1.165) is 19.3 Å². The second kappa shape index (κ2) is 3.03. The summed E-state index contributed by atoms with van der Waals surface area (Å²) in [5.41, 5.74) is -0.0907. The van der Waals surface area contributed by atoms with Gasteiger partial charge in [-0.3, -0.25) is 0 Å². The van der Waals surface area contributed by atoms with Crippen LogP contribution in [0.2, 0.25) is 0 Å². The Kier molecular flexibility index (Phi) is 2.61. The Morgan fingerprint density at radius 3 is 2.36 bits per heavy atom. The highest BCUT2D eigenvalue weighted by Crippen LogP contribution is 2.39. The van der Waals surface area contributed by atoms with Crippen LogP contribution in [0.25, 0.3) is 0 Å². The van der Waals surface area contributed by atoms with Crippen LogP contribution in [0.4, 0.5) is 0 Å². The van der Waals surface area contributed by atoms with Gasteiger partial charge in [0.1, 0.15) is 4.66 Å². The topological polar surface area (TPSA) is 46.2 Å². The van der Waals surface area contributed by atoms with Gasteiger partial charge in [-0.15, -0.1) is 0 Å². The Morgan fingerprint density at radius 2 is 2.09 bits per heavy atom. The first kappa shape index (κ1) is 9.48. The van der Waals surface area contributed by atoms with Crippen molar-refractivity contribution in [2.24, 2.45) is 0 Å². The molecule has 0 aliphatic heterocycles. The van der Waals surface area contributed by atoms with E-state index in [1.54, 1.807) is 0 Å². The maximum atomic E-state index is 11.1. The molecule has 1 rings (SSSR count). The Morgan fingerprint density at radius 1 is 1.55 bits per heavy atom. The first-order valence-corrected chi connectivity index (χ1v) is 6.38. The average molecular weight is 242 g/mol. The molecular weight excluding hydrogens is 230 g/mol. The molecule has 1 aliphatic carbocycles. The lowest BCUT2D eigenvalue weighted by molar-refractivity contribution is 0.536. The molecule has 0 saturated heterocycles. The molecular formula is C6H12BrNO2S. The molecule has 3 nitrogen and oxygen atoms in total. The minimum Gasteiger partial charge on any atom is -0.212 e. The van der Waals surface area contributed by atoms with Crippen LogP contribution in [0.5, 0.6) is 0 Å². The van der Waals surface area contributed by atoms with Crippen molar-refractivity contribution in [3.63, 3.8) is 0 Å². The van der Waals surface area contributed by atoms with Gasteiger partial charge in [-0.2, -0.15) is 0 Å². The average Bonchev–Trinajstić information content (AvgIpc) is 2.69. The van der Waals surface area contributed by atoms with E-state index < -0.39 is 10.0 Å². The van der Waals surface area contributed by atoms with Crippen LogP contribution in [0.1, 0.15) is 26.2 Å². The molecule has 0 aromatic rings. The van der Waals surface area contributed by atoms with Crippen LogP contribution >= 0.6 is 15.9 Å². The molecule has 1 saturated carbocycles. The van der Waals surface area contributed by atoms with Crippen LogP contribution in [-0.2, 0) is 10.0 Å². The van der Waals surface area contributed by atoms with Gasteiger partial charge in [-0.1, -0.05) is 22.9 Å². The predicted molar refractivity (Wildman–Crippen MR) is 48.1 cm³/mol. The summed E-state index contributed by atoms with van der Waals surface area (Å²) < 4.78 is 24.8. The first-order valence-electron chi connectivity index (χ1n) is 3.61. The summed E-state index contributed by atoms with van der Waals surface area (Å²) in [6.45, 7) is 2.00. The number of alkyl halides is 1. The molecule has 11 heavy (non-hydrogen) atoms. The second-order valence-corrected chi connectivity index (χ2v) is 5.99. The van der Waals surface area contributed by atoms with E-state index >= 15 is 0 Å². The third-order valence-electron chi connectivity index (χ3n) is 2.05. The van der Waals surface area contributed by atoms with Crippen molar-refractivity contribution >= 4 is 26.0 Å². The first-order chi connectivity index (χ1) is 5.04. The number of nitrogens with one attached hydrogen (secondary N) is 1. The molecule has 0 unspecified atom stereocenters. The molecule has 0 spiro atoms. The van der Waals surface area contributed by atoms with Gasteiger partial charge in [-0.05, 0) is 19.3 Å². The van der Waals surface area contributed by atoms with Gasteiger partial charge in [0.25, 0.3) is 0 Å². The van der Waals surface area contributed by atoms with Gasteiger partial charge >= 0.3 is 0 Å². The third kappa shape index (κ3) is 2.42. The van der Waals surface area contributed by atoms with Crippen molar-refractivity contribution < 1.29 is 8.42 Å². The zero-order valence-electron chi connectivity index (χ0n) is 6.43. The van der Waals surface area contributed by atoms with Gasteiger partial charge in [0.15, 0.2) is 0 Å². The summed E-state index contributed by atoms with van der Waals surface area (Å²) in [5, 5.41) is 0. The zero-order valence-corrected chi connectivity index (χ0v) is 8.83. The molecule has 1 aliphatic rings. The number of halogens is 1. The van der Waals surface area contributed by atoms with Gasteiger partial charge in [0.2, 0.25) is 10.0 Å². The van der Waals surface area contributed by atoms with Crippen molar-refractivity contribution in [1.29, 1.82) is 0 Å². The van der Waals surface area contributed by atoms with Crippen molar-refractivity contribution in [2.45, 2.75) is 31.7 Å². The van der Waals surface area contributed by atoms with E-state index in [1.807, 2.05) is 6.92 Å². The standard InChI is InChI=1S/C6H12BrNO2S/c1-2-6(3-4-6)8-11(9,10)5-7/h8H,2-5H2,1H3. The largest absolute Gasteiger partial charge is 0.222 e. The van der Waals surface area contributed by atoms with Crippen LogP contribution in [-0.4, -0.2) is 18.6 Å². The molecule has 0 amide bonds. The van der Waals surface area contributed by atoms with Crippen LogP contribution < -0.4 is 4.72 Å². The zero-order chi connectivity index (χ0) is 8.54. The monoisotopic (exact) mass is 241 g/mol. The fourth-order valence-corrected chi connectivity index (χ4v) is 2.44. The number of sulfonamides is 1. The number of rotatable bonds is 4. The van der Waals surface area contributed by atoms with Crippen molar-refractivity contribution in [1.82, 2.24) is 4.72 Å². The minimum absolute atomic E-state index is 0.00174. The highest BCUT2D eigenvalue weighted by molar-refractivity contribution is 9.10. The van der Waals surface area contributed by atoms with Gasteiger partial charge < -0.3 is 0 Å². The maximum Gasteiger partial charge on any atom is 0.222 e. The summed E-state index contributed by atoms with van der Waals surface area (Å²) in [7, 11) is -3.06. The molecule has 1 N–H and O–H groups in total.